The highest BCUT2D eigenvalue weighted by molar-refractivity contribution is 9.10. The summed E-state index contributed by atoms with van der Waals surface area (Å²) in [6.45, 7) is 0. The van der Waals surface area contributed by atoms with E-state index < -0.39 is 0 Å². The molecule has 3 rings (SSSR count). The van der Waals surface area contributed by atoms with Gasteiger partial charge in [0.25, 0.3) is 0 Å². The van der Waals surface area contributed by atoms with Crippen molar-refractivity contribution >= 4 is 32.8 Å². The Hall–Kier alpha value is -2.02. The van der Waals surface area contributed by atoms with Crippen molar-refractivity contribution in [3.63, 3.8) is 0 Å². The molecule has 20 heavy (non-hydrogen) atoms. The van der Waals surface area contributed by atoms with Crippen LogP contribution >= 0.6 is 15.9 Å². The fourth-order valence-corrected chi connectivity index (χ4v) is 2.85. The fraction of sp³-hybridized carbons (Fsp3) is 0.231. The predicted octanol–water partition coefficient (Wildman–Crippen LogP) is 2.35. The summed E-state index contributed by atoms with van der Waals surface area (Å²) in [5.74, 6) is 0.455. The molecule has 0 unspecified atom stereocenters. The van der Waals surface area contributed by atoms with Gasteiger partial charge in [0.1, 0.15) is 0 Å². The van der Waals surface area contributed by atoms with Crippen molar-refractivity contribution in [2.24, 2.45) is 7.05 Å². The molecule has 0 aliphatic rings. The van der Waals surface area contributed by atoms with Crippen molar-refractivity contribution < 1.29 is 4.42 Å². The molecule has 1 aromatic carbocycles. The lowest BCUT2D eigenvalue weighted by Crippen LogP contribution is -2.09. The van der Waals surface area contributed by atoms with Gasteiger partial charge >= 0.3 is 5.76 Å². The molecular formula is C13H13BrN4O2. The number of oxazole rings is 1. The smallest absolute Gasteiger partial charge is 0.408 e. The van der Waals surface area contributed by atoms with E-state index in [9.17, 15) is 4.79 Å². The Kier molecular flexibility index (Phi) is 2.93. The van der Waals surface area contributed by atoms with Crippen molar-refractivity contribution in [2.45, 2.75) is 0 Å². The van der Waals surface area contributed by atoms with Crippen LogP contribution in [0.5, 0.6) is 0 Å². The zero-order chi connectivity index (χ0) is 14.4. The monoisotopic (exact) mass is 336 g/mol. The van der Waals surface area contributed by atoms with E-state index in [0.717, 1.165) is 27.1 Å². The van der Waals surface area contributed by atoms with Crippen molar-refractivity contribution in [3.05, 3.63) is 33.2 Å². The maximum Gasteiger partial charge on any atom is 0.419 e. The average Bonchev–Trinajstić information content (AvgIpc) is 2.92. The minimum Gasteiger partial charge on any atom is -0.408 e. The third kappa shape index (κ3) is 1.85. The number of hydrogen-bond donors (Lipinski definition) is 1. The summed E-state index contributed by atoms with van der Waals surface area (Å²) >= 11 is 3.55. The van der Waals surface area contributed by atoms with Crippen molar-refractivity contribution in [2.75, 3.05) is 19.0 Å². The molecule has 0 spiro atoms. The van der Waals surface area contributed by atoms with Crippen LogP contribution in [-0.2, 0) is 7.05 Å². The van der Waals surface area contributed by atoms with E-state index in [1.807, 2.05) is 31.1 Å². The van der Waals surface area contributed by atoms with Crippen molar-refractivity contribution in [1.29, 1.82) is 0 Å². The highest BCUT2D eigenvalue weighted by Gasteiger charge is 2.15. The second-order valence-electron chi connectivity index (χ2n) is 4.74. The van der Waals surface area contributed by atoms with E-state index in [0.29, 0.717) is 5.58 Å². The molecule has 6 nitrogen and oxygen atoms in total. The number of hydrogen-bond acceptors (Lipinski definition) is 4. The van der Waals surface area contributed by atoms with E-state index in [4.69, 9.17) is 4.42 Å². The number of nitrogens with zero attached hydrogens (tertiary/aromatic N) is 3. The molecule has 7 heteroatoms. The summed E-state index contributed by atoms with van der Waals surface area (Å²) in [5.41, 5.74) is 3.12. The Morgan fingerprint density at radius 1 is 1.40 bits per heavy atom. The minimum atomic E-state index is -0.366. The quantitative estimate of drug-likeness (QED) is 0.780. The molecule has 3 aromatic rings. The van der Waals surface area contributed by atoms with Gasteiger partial charge in [-0.25, -0.2) is 4.79 Å². The van der Waals surface area contributed by atoms with Crippen LogP contribution in [0.4, 0.5) is 5.82 Å². The van der Waals surface area contributed by atoms with Gasteiger partial charge < -0.3 is 9.32 Å². The van der Waals surface area contributed by atoms with Crippen LogP contribution in [0.2, 0.25) is 0 Å². The number of benzene rings is 1. The van der Waals surface area contributed by atoms with Crippen LogP contribution in [0.3, 0.4) is 0 Å². The molecule has 0 atom stereocenters. The predicted molar refractivity (Wildman–Crippen MR) is 81.1 cm³/mol. The SMILES string of the molecule is CN(C)c1n[nH]c(-c2ccc3oc(=O)n(C)c3c2)c1Br. The van der Waals surface area contributed by atoms with Crippen LogP contribution in [0, 0.1) is 0 Å². The average molecular weight is 337 g/mol. The number of halogens is 1. The Morgan fingerprint density at radius 3 is 2.80 bits per heavy atom. The Labute approximate surface area is 123 Å². The van der Waals surface area contributed by atoms with Gasteiger partial charge in [0, 0.05) is 26.7 Å². The first-order valence-corrected chi connectivity index (χ1v) is 6.79. The van der Waals surface area contributed by atoms with E-state index >= 15 is 0 Å². The van der Waals surface area contributed by atoms with Gasteiger partial charge in [-0.05, 0) is 34.1 Å². The number of aromatic nitrogens is 3. The maximum atomic E-state index is 11.5. The standard InChI is InChI=1S/C13H13BrN4O2/c1-17(2)12-10(14)11(15-16-12)7-4-5-9-8(6-7)18(3)13(19)20-9/h4-6H,1-3H3,(H,15,16). The molecule has 0 saturated carbocycles. The third-order valence-electron chi connectivity index (χ3n) is 3.19. The summed E-state index contributed by atoms with van der Waals surface area (Å²) in [5, 5.41) is 7.27. The first kappa shape index (κ1) is 13.0. The summed E-state index contributed by atoms with van der Waals surface area (Å²) in [4.78, 5) is 13.4. The lowest BCUT2D eigenvalue weighted by molar-refractivity contribution is 0.528. The number of H-pyrrole nitrogens is 1. The van der Waals surface area contributed by atoms with Crippen LogP contribution in [-0.4, -0.2) is 28.9 Å². The summed E-state index contributed by atoms with van der Waals surface area (Å²) in [7, 11) is 5.53. The van der Waals surface area contributed by atoms with Crippen molar-refractivity contribution in [3.8, 4) is 11.3 Å². The molecule has 0 aliphatic carbocycles. The van der Waals surface area contributed by atoms with E-state index in [1.165, 1.54) is 4.57 Å². The first-order valence-electron chi connectivity index (χ1n) is 6.00. The molecule has 0 fully saturated rings. The molecule has 2 aromatic heterocycles. The Morgan fingerprint density at radius 2 is 2.15 bits per heavy atom. The lowest BCUT2D eigenvalue weighted by atomic mass is 10.1. The van der Waals surface area contributed by atoms with E-state index in [1.54, 1.807) is 13.1 Å². The summed E-state index contributed by atoms with van der Waals surface area (Å²) < 4.78 is 7.49. The van der Waals surface area contributed by atoms with Crippen molar-refractivity contribution in [1.82, 2.24) is 14.8 Å². The minimum absolute atomic E-state index is 0.366. The zero-order valence-electron chi connectivity index (χ0n) is 11.3. The normalized spacial score (nSPS) is 11.2. The maximum absolute atomic E-state index is 11.5. The summed E-state index contributed by atoms with van der Waals surface area (Å²) in [6.07, 6.45) is 0. The van der Waals surface area contributed by atoms with E-state index in [2.05, 4.69) is 26.1 Å². The zero-order valence-corrected chi connectivity index (χ0v) is 12.9. The van der Waals surface area contributed by atoms with Gasteiger partial charge in [-0.1, -0.05) is 0 Å². The second kappa shape index (κ2) is 4.52. The van der Waals surface area contributed by atoms with Crippen LogP contribution < -0.4 is 10.7 Å². The van der Waals surface area contributed by atoms with E-state index in [-0.39, 0.29) is 5.76 Å². The molecule has 2 heterocycles. The van der Waals surface area contributed by atoms with Gasteiger partial charge in [0.05, 0.1) is 15.7 Å². The van der Waals surface area contributed by atoms with Gasteiger partial charge in [-0.15, -0.1) is 0 Å². The van der Waals surface area contributed by atoms with Gasteiger partial charge in [0.15, 0.2) is 11.4 Å². The number of fused-ring (bicyclic) bond motifs is 1. The Bertz CT molecular complexity index is 844. The highest BCUT2D eigenvalue weighted by atomic mass is 79.9. The molecule has 0 aliphatic heterocycles. The van der Waals surface area contributed by atoms with Crippen LogP contribution in [0.15, 0.2) is 31.9 Å². The fourth-order valence-electron chi connectivity index (χ4n) is 2.09. The number of aryl methyl sites for hydroxylation is 1. The molecule has 0 saturated heterocycles. The van der Waals surface area contributed by atoms with Gasteiger partial charge in [-0.3, -0.25) is 9.67 Å². The van der Waals surface area contributed by atoms with Crippen LogP contribution in [0.1, 0.15) is 0 Å². The largest absolute Gasteiger partial charge is 0.419 e. The van der Waals surface area contributed by atoms with Crippen LogP contribution in [0.25, 0.3) is 22.4 Å². The number of rotatable bonds is 2. The topological polar surface area (TPSA) is 67.1 Å². The molecular weight excluding hydrogens is 324 g/mol. The second-order valence-corrected chi connectivity index (χ2v) is 5.53. The lowest BCUT2D eigenvalue weighted by Gasteiger charge is -2.08. The third-order valence-corrected chi connectivity index (χ3v) is 3.94. The molecule has 104 valence electrons. The number of nitrogens with one attached hydrogen (secondary N) is 1. The first-order chi connectivity index (χ1) is 9.49. The molecule has 0 bridgehead atoms. The molecule has 1 N–H and O–H groups in total. The van der Waals surface area contributed by atoms with Gasteiger partial charge in [0.2, 0.25) is 0 Å². The molecule has 0 amide bonds. The number of aromatic amines is 1. The number of anilines is 1. The Balaban J connectivity index is 2.20. The summed E-state index contributed by atoms with van der Waals surface area (Å²) in [6, 6.07) is 5.58. The van der Waals surface area contributed by atoms with Gasteiger partial charge in [-0.2, -0.15) is 5.10 Å². The molecule has 0 radical (unpaired) electrons. The highest BCUT2D eigenvalue weighted by Crippen LogP contribution is 2.34.